The van der Waals surface area contributed by atoms with Gasteiger partial charge in [0.2, 0.25) is 5.95 Å². The number of anilines is 2. The van der Waals surface area contributed by atoms with Crippen LogP contribution in [0.1, 0.15) is 5.56 Å². The van der Waals surface area contributed by atoms with Crippen molar-refractivity contribution in [3.05, 3.63) is 42.5 Å². The number of nitrogens with zero attached hydrogens (tertiary/aromatic N) is 2. The van der Waals surface area contributed by atoms with Gasteiger partial charge in [-0.25, -0.2) is 4.98 Å². The normalized spacial score (nSPS) is 9.94. The lowest BCUT2D eigenvalue weighted by Crippen LogP contribution is -2.01. The standard InChI is InChI=1S/C13H14N4/c1-3-9-4-6-10(7-5-9)11-8-12(15-2)17-13(14)16-11/h3-8H,1H2,2H3,(H3,14,15,16,17). The zero-order valence-corrected chi connectivity index (χ0v) is 9.64. The first kappa shape index (κ1) is 11.1. The van der Waals surface area contributed by atoms with Gasteiger partial charge in [-0.15, -0.1) is 0 Å². The third-order valence-electron chi connectivity index (χ3n) is 2.44. The minimum atomic E-state index is 0.264. The van der Waals surface area contributed by atoms with Crippen LogP contribution in [0.5, 0.6) is 0 Å². The van der Waals surface area contributed by atoms with Crippen LogP contribution in [0, 0.1) is 0 Å². The second kappa shape index (κ2) is 4.65. The molecule has 3 N–H and O–H groups in total. The molecule has 0 atom stereocenters. The summed E-state index contributed by atoms with van der Waals surface area (Å²) in [7, 11) is 1.80. The summed E-state index contributed by atoms with van der Waals surface area (Å²) in [4.78, 5) is 8.26. The maximum Gasteiger partial charge on any atom is 0.222 e. The lowest BCUT2D eigenvalue weighted by molar-refractivity contribution is 1.18. The van der Waals surface area contributed by atoms with E-state index < -0.39 is 0 Å². The van der Waals surface area contributed by atoms with Gasteiger partial charge in [-0.1, -0.05) is 36.9 Å². The molecule has 0 radical (unpaired) electrons. The van der Waals surface area contributed by atoms with Gasteiger partial charge >= 0.3 is 0 Å². The molecule has 1 aromatic carbocycles. The molecule has 4 heteroatoms. The van der Waals surface area contributed by atoms with Crippen LogP contribution >= 0.6 is 0 Å². The molecule has 2 aromatic rings. The van der Waals surface area contributed by atoms with Crippen molar-refractivity contribution in [3.63, 3.8) is 0 Å². The van der Waals surface area contributed by atoms with Crippen molar-refractivity contribution in [1.29, 1.82) is 0 Å². The fourth-order valence-corrected chi connectivity index (χ4v) is 1.53. The Balaban J connectivity index is 2.44. The Labute approximate surface area is 100 Å². The molecule has 0 aliphatic rings. The van der Waals surface area contributed by atoms with Crippen LogP contribution in [-0.4, -0.2) is 17.0 Å². The zero-order valence-electron chi connectivity index (χ0n) is 9.64. The van der Waals surface area contributed by atoms with E-state index in [2.05, 4.69) is 21.9 Å². The van der Waals surface area contributed by atoms with Gasteiger partial charge < -0.3 is 11.1 Å². The highest BCUT2D eigenvalue weighted by Gasteiger charge is 2.03. The Morgan fingerprint density at radius 3 is 2.53 bits per heavy atom. The lowest BCUT2D eigenvalue weighted by Gasteiger charge is -2.05. The van der Waals surface area contributed by atoms with Crippen LogP contribution in [-0.2, 0) is 0 Å². The predicted molar refractivity (Wildman–Crippen MR) is 71.5 cm³/mol. The number of nitrogen functional groups attached to an aromatic ring is 1. The quantitative estimate of drug-likeness (QED) is 0.843. The smallest absolute Gasteiger partial charge is 0.222 e. The van der Waals surface area contributed by atoms with Gasteiger partial charge in [0, 0.05) is 18.7 Å². The molecule has 0 amide bonds. The predicted octanol–water partition coefficient (Wildman–Crippen LogP) is 2.41. The molecule has 0 aliphatic carbocycles. The first-order valence-electron chi connectivity index (χ1n) is 5.28. The summed E-state index contributed by atoms with van der Waals surface area (Å²) in [5.41, 5.74) is 8.53. The monoisotopic (exact) mass is 226 g/mol. The summed E-state index contributed by atoms with van der Waals surface area (Å²) in [6, 6.07) is 9.80. The average molecular weight is 226 g/mol. The van der Waals surface area contributed by atoms with Crippen molar-refractivity contribution in [3.8, 4) is 11.3 Å². The molecule has 2 rings (SSSR count). The van der Waals surface area contributed by atoms with E-state index in [1.54, 1.807) is 13.1 Å². The third-order valence-corrected chi connectivity index (χ3v) is 2.44. The molecular formula is C13H14N4. The van der Waals surface area contributed by atoms with E-state index in [1.165, 1.54) is 0 Å². The van der Waals surface area contributed by atoms with Crippen LogP contribution in [0.4, 0.5) is 11.8 Å². The van der Waals surface area contributed by atoms with E-state index in [4.69, 9.17) is 5.73 Å². The highest BCUT2D eigenvalue weighted by Crippen LogP contribution is 2.21. The van der Waals surface area contributed by atoms with Gasteiger partial charge in [-0.3, -0.25) is 0 Å². The molecule has 0 saturated heterocycles. The Hall–Kier alpha value is -2.36. The van der Waals surface area contributed by atoms with Gasteiger partial charge in [0.15, 0.2) is 0 Å². The van der Waals surface area contributed by atoms with Gasteiger partial charge in [0.1, 0.15) is 5.82 Å². The number of nitrogens with one attached hydrogen (secondary N) is 1. The second-order valence-electron chi connectivity index (χ2n) is 3.57. The van der Waals surface area contributed by atoms with Gasteiger partial charge in [-0.05, 0) is 5.56 Å². The van der Waals surface area contributed by atoms with Crippen molar-refractivity contribution >= 4 is 17.8 Å². The zero-order chi connectivity index (χ0) is 12.3. The molecular weight excluding hydrogens is 212 g/mol. The number of aromatic nitrogens is 2. The Morgan fingerprint density at radius 1 is 1.24 bits per heavy atom. The maximum atomic E-state index is 5.65. The number of nitrogens with two attached hydrogens (primary N) is 1. The van der Waals surface area contributed by atoms with Crippen LogP contribution in [0.15, 0.2) is 36.9 Å². The van der Waals surface area contributed by atoms with E-state index in [0.29, 0.717) is 5.82 Å². The largest absolute Gasteiger partial charge is 0.373 e. The molecule has 0 saturated carbocycles. The maximum absolute atomic E-state index is 5.65. The first-order valence-corrected chi connectivity index (χ1v) is 5.28. The van der Waals surface area contributed by atoms with Crippen molar-refractivity contribution < 1.29 is 0 Å². The fraction of sp³-hybridized carbons (Fsp3) is 0.0769. The minimum absolute atomic E-state index is 0.264. The fourth-order valence-electron chi connectivity index (χ4n) is 1.53. The lowest BCUT2D eigenvalue weighted by atomic mass is 10.1. The summed E-state index contributed by atoms with van der Waals surface area (Å²) >= 11 is 0. The molecule has 17 heavy (non-hydrogen) atoms. The van der Waals surface area contributed by atoms with Gasteiger partial charge in [0.05, 0.1) is 5.69 Å². The van der Waals surface area contributed by atoms with Crippen LogP contribution in [0.2, 0.25) is 0 Å². The molecule has 4 nitrogen and oxygen atoms in total. The summed E-state index contributed by atoms with van der Waals surface area (Å²) < 4.78 is 0. The summed E-state index contributed by atoms with van der Waals surface area (Å²) in [6.07, 6.45) is 1.80. The molecule has 1 aromatic heterocycles. The van der Waals surface area contributed by atoms with Gasteiger partial charge in [-0.2, -0.15) is 4.98 Å². The minimum Gasteiger partial charge on any atom is -0.373 e. The van der Waals surface area contributed by atoms with Crippen molar-refractivity contribution in [1.82, 2.24) is 9.97 Å². The van der Waals surface area contributed by atoms with E-state index in [0.717, 1.165) is 16.8 Å². The van der Waals surface area contributed by atoms with Crippen molar-refractivity contribution in [2.45, 2.75) is 0 Å². The van der Waals surface area contributed by atoms with Crippen LogP contribution < -0.4 is 11.1 Å². The van der Waals surface area contributed by atoms with Crippen molar-refractivity contribution in [2.75, 3.05) is 18.1 Å². The third kappa shape index (κ3) is 2.42. The highest BCUT2D eigenvalue weighted by atomic mass is 15.1. The number of benzene rings is 1. The van der Waals surface area contributed by atoms with Gasteiger partial charge in [0.25, 0.3) is 0 Å². The topological polar surface area (TPSA) is 63.8 Å². The Bertz CT molecular complexity index is 532. The number of rotatable bonds is 3. The van der Waals surface area contributed by atoms with E-state index in [9.17, 15) is 0 Å². The Kier molecular flexibility index (Phi) is 3.05. The molecule has 0 spiro atoms. The summed E-state index contributed by atoms with van der Waals surface area (Å²) in [5.74, 6) is 0.972. The SMILES string of the molecule is C=Cc1ccc(-c2cc(NC)nc(N)n2)cc1. The first-order chi connectivity index (χ1) is 8.22. The van der Waals surface area contributed by atoms with Crippen LogP contribution in [0.3, 0.4) is 0 Å². The molecule has 0 unspecified atom stereocenters. The van der Waals surface area contributed by atoms with E-state index in [1.807, 2.05) is 30.3 Å². The van der Waals surface area contributed by atoms with E-state index in [-0.39, 0.29) is 5.95 Å². The molecule has 0 fully saturated rings. The van der Waals surface area contributed by atoms with Crippen molar-refractivity contribution in [2.24, 2.45) is 0 Å². The number of hydrogen-bond donors (Lipinski definition) is 2. The molecule has 86 valence electrons. The number of hydrogen-bond acceptors (Lipinski definition) is 4. The summed E-state index contributed by atoms with van der Waals surface area (Å²) in [6.45, 7) is 3.72. The molecule has 0 bridgehead atoms. The summed E-state index contributed by atoms with van der Waals surface area (Å²) in [5, 5.41) is 2.95. The second-order valence-corrected chi connectivity index (χ2v) is 3.57. The van der Waals surface area contributed by atoms with Crippen LogP contribution in [0.25, 0.3) is 17.3 Å². The Morgan fingerprint density at radius 2 is 1.94 bits per heavy atom. The average Bonchev–Trinajstić information content (AvgIpc) is 2.38. The highest BCUT2D eigenvalue weighted by molar-refractivity contribution is 5.65. The molecule has 0 aliphatic heterocycles. The molecule has 1 heterocycles. The van der Waals surface area contributed by atoms with E-state index >= 15 is 0 Å².